The van der Waals surface area contributed by atoms with Crippen LogP contribution >= 0.6 is 0 Å². The van der Waals surface area contributed by atoms with E-state index in [9.17, 15) is 13.6 Å². The molecule has 124 valence electrons. The zero-order valence-corrected chi connectivity index (χ0v) is 13.2. The topological polar surface area (TPSA) is 73.6 Å². The molecule has 1 atom stereocenters. The van der Waals surface area contributed by atoms with E-state index in [2.05, 4.69) is 10.1 Å². The number of hydrogen-bond donors (Lipinski definition) is 2. The smallest absolute Gasteiger partial charge is 0.408 e. The Bertz CT molecular complexity index is 516. The highest BCUT2D eigenvalue weighted by molar-refractivity contribution is 5.68. The van der Waals surface area contributed by atoms with Crippen LogP contribution in [0.2, 0.25) is 0 Å². The van der Waals surface area contributed by atoms with Crippen molar-refractivity contribution in [1.29, 1.82) is 0 Å². The molecule has 0 saturated heterocycles. The number of amides is 1. The van der Waals surface area contributed by atoms with Gasteiger partial charge < -0.3 is 20.5 Å². The van der Waals surface area contributed by atoms with E-state index in [0.29, 0.717) is 11.1 Å². The van der Waals surface area contributed by atoms with E-state index in [-0.39, 0.29) is 12.3 Å². The summed E-state index contributed by atoms with van der Waals surface area (Å²) in [7, 11) is 0. The second-order valence-electron chi connectivity index (χ2n) is 5.81. The van der Waals surface area contributed by atoms with Gasteiger partial charge in [-0.1, -0.05) is 18.2 Å². The van der Waals surface area contributed by atoms with Crippen molar-refractivity contribution in [2.24, 2.45) is 5.73 Å². The highest BCUT2D eigenvalue weighted by Crippen LogP contribution is 2.30. The van der Waals surface area contributed by atoms with Gasteiger partial charge in [0.15, 0.2) is 0 Å². The lowest BCUT2D eigenvalue weighted by Gasteiger charge is -2.24. The van der Waals surface area contributed by atoms with Crippen LogP contribution in [0.3, 0.4) is 0 Å². The number of nitrogens with one attached hydrogen (secondary N) is 1. The number of hydrogen-bond acceptors (Lipinski definition) is 4. The van der Waals surface area contributed by atoms with Gasteiger partial charge in [-0.2, -0.15) is 8.78 Å². The van der Waals surface area contributed by atoms with Crippen molar-refractivity contribution < 1.29 is 23.0 Å². The van der Waals surface area contributed by atoms with E-state index in [1.54, 1.807) is 45.9 Å². The Morgan fingerprint density at radius 1 is 1.36 bits per heavy atom. The molecule has 0 radical (unpaired) electrons. The molecular formula is C15H22F2N2O3. The molecule has 3 N–H and O–H groups in total. The van der Waals surface area contributed by atoms with Crippen LogP contribution in [-0.4, -0.2) is 24.9 Å². The maximum Gasteiger partial charge on any atom is 0.408 e. The van der Waals surface area contributed by atoms with Crippen molar-refractivity contribution in [1.82, 2.24) is 5.32 Å². The van der Waals surface area contributed by atoms with Gasteiger partial charge in [-0.05, 0) is 33.3 Å². The summed E-state index contributed by atoms with van der Waals surface area (Å²) in [6.45, 7) is 3.87. The molecule has 0 bridgehead atoms. The van der Waals surface area contributed by atoms with Crippen molar-refractivity contribution in [3.8, 4) is 5.75 Å². The first-order valence-electron chi connectivity index (χ1n) is 6.88. The molecule has 1 aromatic carbocycles. The quantitative estimate of drug-likeness (QED) is 0.875. The molecule has 22 heavy (non-hydrogen) atoms. The van der Waals surface area contributed by atoms with Gasteiger partial charge in [0.2, 0.25) is 0 Å². The number of carbonyl (C=O) groups excluding carboxylic acids is 1. The third-order valence-electron chi connectivity index (χ3n) is 2.75. The van der Waals surface area contributed by atoms with Gasteiger partial charge in [0, 0.05) is 12.1 Å². The summed E-state index contributed by atoms with van der Waals surface area (Å²) in [5.41, 5.74) is 5.90. The standard InChI is InChI=1S/C15H22F2N2O3/c1-9-6-5-7-10(12(9)21-13(16)17)11(8-18)19-14(20)22-15(2,3)4/h5-7,11,13H,8,18H2,1-4H3,(H,19,20). The largest absolute Gasteiger partial charge is 0.444 e. The van der Waals surface area contributed by atoms with Crippen LogP contribution in [0.4, 0.5) is 13.6 Å². The van der Waals surface area contributed by atoms with Crippen molar-refractivity contribution >= 4 is 6.09 Å². The van der Waals surface area contributed by atoms with Crippen molar-refractivity contribution in [2.45, 2.75) is 45.9 Å². The molecule has 1 amide bonds. The zero-order chi connectivity index (χ0) is 16.9. The normalized spacial score (nSPS) is 12.9. The first-order chi connectivity index (χ1) is 10.1. The van der Waals surface area contributed by atoms with Crippen LogP contribution < -0.4 is 15.8 Å². The summed E-state index contributed by atoms with van der Waals surface area (Å²) in [5, 5.41) is 2.57. The van der Waals surface area contributed by atoms with E-state index < -0.39 is 24.3 Å². The molecule has 1 unspecified atom stereocenters. The summed E-state index contributed by atoms with van der Waals surface area (Å²) < 4.78 is 34.8. The van der Waals surface area contributed by atoms with E-state index in [1.165, 1.54) is 0 Å². The summed E-state index contributed by atoms with van der Waals surface area (Å²) in [6.07, 6.45) is -0.674. The van der Waals surface area contributed by atoms with Crippen LogP contribution in [0.1, 0.15) is 37.9 Å². The highest BCUT2D eigenvalue weighted by Gasteiger charge is 2.23. The number of carbonyl (C=O) groups is 1. The third kappa shape index (κ3) is 5.48. The molecule has 0 aliphatic heterocycles. The number of benzene rings is 1. The van der Waals surface area contributed by atoms with Crippen LogP contribution in [0.15, 0.2) is 18.2 Å². The van der Waals surface area contributed by atoms with Crippen molar-refractivity contribution in [3.63, 3.8) is 0 Å². The predicted molar refractivity (Wildman–Crippen MR) is 79.0 cm³/mol. The summed E-state index contributed by atoms with van der Waals surface area (Å²) in [4.78, 5) is 11.8. The van der Waals surface area contributed by atoms with Gasteiger partial charge in [-0.3, -0.25) is 0 Å². The lowest BCUT2D eigenvalue weighted by molar-refractivity contribution is -0.0511. The first kappa shape index (κ1) is 18.2. The summed E-state index contributed by atoms with van der Waals surface area (Å²) in [5.74, 6) is 0.0176. The lowest BCUT2D eigenvalue weighted by Crippen LogP contribution is -2.38. The molecule has 0 fully saturated rings. The van der Waals surface area contributed by atoms with E-state index in [4.69, 9.17) is 10.5 Å². The Balaban J connectivity index is 3.00. The molecular weight excluding hydrogens is 294 g/mol. The zero-order valence-electron chi connectivity index (χ0n) is 13.2. The molecule has 5 nitrogen and oxygen atoms in total. The minimum atomic E-state index is -2.96. The van der Waals surface area contributed by atoms with Crippen LogP contribution in [0.25, 0.3) is 0 Å². The highest BCUT2D eigenvalue weighted by atomic mass is 19.3. The number of ether oxygens (including phenoxy) is 2. The van der Waals surface area contributed by atoms with Gasteiger partial charge in [-0.15, -0.1) is 0 Å². The molecule has 7 heteroatoms. The average Bonchev–Trinajstić information content (AvgIpc) is 2.36. The molecule has 1 aromatic rings. The molecule has 0 aliphatic carbocycles. The minimum Gasteiger partial charge on any atom is -0.444 e. The van der Waals surface area contributed by atoms with Crippen LogP contribution in [-0.2, 0) is 4.74 Å². The Morgan fingerprint density at radius 3 is 2.50 bits per heavy atom. The van der Waals surface area contributed by atoms with Gasteiger partial charge in [0.25, 0.3) is 0 Å². The number of alkyl halides is 2. The molecule has 0 heterocycles. The van der Waals surface area contributed by atoms with E-state index >= 15 is 0 Å². The molecule has 0 saturated carbocycles. The SMILES string of the molecule is Cc1cccc(C(CN)NC(=O)OC(C)(C)C)c1OC(F)F. The van der Waals surface area contributed by atoms with Gasteiger partial charge >= 0.3 is 12.7 Å². The predicted octanol–water partition coefficient (Wildman–Crippen LogP) is 3.12. The molecule has 0 spiro atoms. The van der Waals surface area contributed by atoms with Gasteiger partial charge in [0.1, 0.15) is 11.4 Å². The van der Waals surface area contributed by atoms with Gasteiger partial charge in [-0.25, -0.2) is 4.79 Å². The van der Waals surface area contributed by atoms with E-state index in [0.717, 1.165) is 0 Å². The molecule has 0 aromatic heterocycles. The fourth-order valence-electron chi connectivity index (χ4n) is 1.91. The Hall–Kier alpha value is -1.89. The summed E-state index contributed by atoms with van der Waals surface area (Å²) in [6, 6.07) is 4.22. The second-order valence-corrected chi connectivity index (χ2v) is 5.81. The fourth-order valence-corrected chi connectivity index (χ4v) is 1.91. The number of nitrogens with two attached hydrogens (primary N) is 1. The maximum absolute atomic E-state index is 12.6. The number of rotatable bonds is 5. The number of para-hydroxylation sites is 1. The minimum absolute atomic E-state index is 0.0162. The Kier molecular flexibility index (Phi) is 6.11. The monoisotopic (exact) mass is 316 g/mol. The first-order valence-corrected chi connectivity index (χ1v) is 6.88. The lowest BCUT2D eigenvalue weighted by atomic mass is 10.0. The molecule has 0 aliphatic rings. The van der Waals surface area contributed by atoms with Crippen LogP contribution in [0.5, 0.6) is 5.75 Å². The number of alkyl carbamates (subject to hydrolysis) is 1. The second kappa shape index (κ2) is 7.40. The average molecular weight is 316 g/mol. The fraction of sp³-hybridized carbons (Fsp3) is 0.533. The Labute approximate surface area is 128 Å². The maximum atomic E-state index is 12.6. The van der Waals surface area contributed by atoms with Crippen LogP contribution in [0, 0.1) is 6.92 Å². The van der Waals surface area contributed by atoms with Crippen molar-refractivity contribution in [3.05, 3.63) is 29.3 Å². The van der Waals surface area contributed by atoms with Gasteiger partial charge in [0.05, 0.1) is 6.04 Å². The molecule has 1 rings (SSSR count). The summed E-state index contributed by atoms with van der Waals surface area (Å²) >= 11 is 0. The Morgan fingerprint density at radius 2 is 2.00 bits per heavy atom. The number of halogens is 2. The van der Waals surface area contributed by atoms with Crippen molar-refractivity contribution in [2.75, 3.05) is 6.54 Å². The number of aryl methyl sites for hydroxylation is 1. The van der Waals surface area contributed by atoms with E-state index in [1.807, 2.05) is 0 Å². The third-order valence-corrected chi connectivity index (χ3v) is 2.75.